The lowest BCUT2D eigenvalue weighted by atomic mass is 10.2. The second-order valence-corrected chi connectivity index (χ2v) is 6.63. The van der Waals surface area contributed by atoms with Gasteiger partial charge >= 0.3 is 6.18 Å². The van der Waals surface area contributed by atoms with Crippen LogP contribution >= 0.6 is 0 Å². The molecule has 1 saturated heterocycles. The third-order valence-corrected chi connectivity index (χ3v) is 4.63. The van der Waals surface area contributed by atoms with E-state index in [1.54, 1.807) is 24.3 Å². The van der Waals surface area contributed by atoms with Gasteiger partial charge in [0.1, 0.15) is 11.7 Å². The van der Waals surface area contributed by atoms with E-state index in [1.165, 1.54) is 4.90 Å². The van der Waals surface area contributed by atoms with Gasteiger partial charge in [0.2, 0.25) is 5.88 Å². The molecule has 1 aliphatic rings. The van der Waals surface area contributed by atoms with Crippen molar-refractivity contribution in [2.45, 2.75) is 18.7 Å². The molecule has 1 fully saturated rings. The van der Waals surface area contributed by atoms with E-state index in [0.717, 1.165) is 24.4 Å². The molecule has 0 bridgehead atoms. The van der Waals surface area contributed by atoms with Crippen molar-refractivity contribution in [3.05, 3.63) is 70.2 Å². The zero-order chi connectivity index (χ0) is 20.6. The van der Waals surface area contributed by atoms with Crippen molar-refractivity contribution in [3.63, 3.8) is 0 Å². The van der Waals surface area contributed by atoms with Crippen LogP contribution in [0.3, 0.4) is 0 Å². The number of pyridine rings is 1. The number of hydrogen-bond acceptors (Lipinski definition) is 5. The Kier molecular flexibility index (Phi) is 4.73. The molecule has 0 radical (unpaired) electrons. The van der Waals surface area contributed by atoms with E-state index in [1.807, 2.05) is 0 Å². The predicted octanol–water partition coefficient (Wildman–Crippen LogP) is 3.50. The van der Waals surface area contributed by atoms with Crippen molar-refractivity contribution in [1.82, 2.24) is 9.88 Å². The highest BCUT2D eigenvalue weighted by Gasteiger charge is 2.33. The van der Waals surface area contributed by atoms with Crippen LogP contribution in [0.4, 0.5) is 13.2 Å². The second-order valence-electron chi connectivity index (χ2n) is 6.63. The first-order valence-corrected chi connectivity index (χ1v) is 8.83. The maximum Gasteiger partial charge on any atom is 0.416 e. The van der Waals surface area contributed by atoms with Gasteiger partial charge in [-0.1, -0.05) is 12.1 Å². The Morgan fingerprint density at radius 2 is 2.00 bits per heavy atom. The molecule has 150 valence electrons. The van der Waals surface area contributed by atoms with Gasteiger partial charge in [0.15, 0.2) is 11.2 Å². The van der Waals surface area contributed by atoms with Crippen molar-refractivity contribution in [3.8, 4) is 5.88 Å². The van der Waals surface area contributed by atoms with Gasteiger partial charge < -0.3 is 14.1 Å². The summed E-state index contributed by atoms with van der Waals surface area (Å²) < 4.78 is 49.5. The number of benzene rings is 1. The van der Waals surface area contributed by atoms with Gasteiger partial charge in [0.25, 0.3) is 5.91 Å². The van der Waals surface area contributed by atoms with Gasteiger partial charge in [-0.05, 0) is 18.2 Å². The molecule has 6 nitrogen and oxygen atoms in total. The highest BCUT2D eigenvalue weighted by atomic mass is 19.4. The summed E-state index contributed by atoms with van der Waals surface area (Å²) in [6.45, 7) is 0.465. The van der Waals surface area contributed by atoms with Gasteiger partial charge in [-0.2, -0.15) is 13.2 Å². The predicted molar refractivity (Wildman–Crippen MR) is 96.7 cm³/mol. The molecular formula is C20H15F3N2O4. The molecule has 9 heteroatoms. The first-order valence-electron chi connectivity index (χ1n) is 8.83. The quantitative estimate of drug-likeness (QED) is 0.668. The lowest BCUT2D eigenvalue weighted by Crippen LogP contribution is -2.31. The number of alkyl halides is 3. The van der Waals surface area contributed by atoms with Crippen molar-refractivity contribution in [1.29, 1.82) is 0 Å². The highest BCUT2D eigenvalue weighted by Crippen LogP contribution is 2.31. The molecule has 3 heterocycles. The Morgan fingerprint density at radius 1 is 1.21 bits per heavy atom. The van der Waals surface area contributed by atoms with Crippen LogP contribution in [0.25, 0.3) is 11.0 Å². The molecule has 1 aliphatic heterocycles. The summed E-state index contributed by atoms with van der Waals surface area (Å²) in [7, 11) is 0. The van der Waals surface area contributed by atoms with E-state index in [-0.39, 0.29) is 23.6 Å². The Bertz CT molecular complexity index is 1130. The fourth-order valence-electron chi connectivity index (χ4n) is 3.20. The fraction of sp³-hybridized carbons (Fsp3) is 0.250. The van der Waals surface area contributed by atoms with Crippen LogP contribution in [0.2, 0.25) is 0 Å². The van der Waals surface area contributed by atoms with E-state index < -0.39 is 23.8 Å². The van der Waals surface area contributed by atoms with E-state index >= 15 is 0 Å². The lowest BCUT2D eigenvalue weighted by Gasteiger charge is -2.17. The van der Waals surface area contributed by atoms with Crippen molar-refractivity contribution in [2.75, 3.05) is 13.1 Å². The summed E-state index contributed by atoms with van der Waals surface area (Å²) in [5.74, 6) is -0.723. The monoisotopic (exact) mass is 404 g/mol. The Labute approximate surface area is 162 Å². The minimum Gasteiger partial charge on any atom is -0.472 e. The Balaban J connectivity index is 1.47. The number of aromatic nitrogens is 1. The zero-order valence-electron chi connectivity index (χ0n) is 15.0. The van der Waals surface area contributed by atoms with E-state index in [2.05, 4.69) is 4.98 Å². The summed E-state index contributed by atoms with van der Waals surface area (Å²) >= 11 is 0. The Morgan fingerprint density at radius 3 is 2.79 bits per heavy atom. The van der Waals surface area contributed by atoms with Gasteiger partial charge in [-0.25, -0.2) is 4.98 Å². The SMILES string of the molecule is O=C(c1cc(=O)c2ccccc2o1)N1CCC(Oc2cc(C(F)(F)F)ccn2)C1. The smallest absolute Gasteiger partial charge is 0.416 e. The first-order chi connectivity index (χ1) is 13.8. The summed E-state index contributed by atoms with van der Waals surface area (Å²) in [5.41, 5.74) is -0.870. The number of rotatable bonds is 3. The summed E-state index contributed by atoms with van der Waals surface area (Å²) in [6.07, 6.45) is -3.56. The van der Waals surface area contributed by atoms with Crippen molar-refractivity contribution in [2.24, 2.45) is 0 Å². The molecular weight excluding hydrogens is 389 g/mol. The van der Waals surface area contributed by atoms with Crippen LogP contribution in [0.1, 0.15) is 22.5 Å². The first kappa shape index (κ1) is 19.0. The minimum atomic E-state index is -4.49. The van der Waals surface area contributed by atoms with E-state index in [4.69, 9.17) is 9.15 Å². The highest BCUT2D eigenvalue weighted by molar-refractivity contribution is 5.93. The molecule has 0 aliphatic carbocycles. The van der Waals surface area contributed by atoms with E-state index in [0.29, 0.717) is 23.9 Å². The van der Waals surface area contributed by atoms with Crippen LogP contribution in [0, 0.1) is 0 Å². The van der Waals surface area contributed by atoms with Gasteiger partial charge in [0.05, 0.1) is 17.5 Å². The largest absolute Gasteiger partial charge is 0.472 e. The molecule has 0 spiro atoms. The van der Waals surface area contributed by atoms with Crippen LogP contribution < -0.4 is 10.2 Å². The number of hydrogen-bond donors (Lipinski definition) is 0. The van der Waals surface area contributed by atoms with Gasteiger partial charge in [-0.3, -0.25) is 9.59 Å². The number of likely N-dealkylation sites (tertiary alicyclic amines) is 1. The maximum absolute atomic E-state index is 12.8. The average Bonchev–Trinajstić information content (AvgIpc) is 3.15. The molecule has 3 aromatic rings. The van der Waals surface area contributed by atoms with Crippen LogP contribution in [0.5, 0.6) is 5.88 Å². The topological polar surface area (TPSA) is 72.6 Å². The standard InChI is InChI=1S/C20H15F3N2O4/c21-20(22,23)12-5-7-24-18(9-12)28-13-6-8-25(11-13)19(27)17-10-15(26)14-3-1-2-4-16(14)29-17/h1-5,7,9-10,13H,6,8,11H2. The number of carbonyl (C=O) groups is 1. The normalized spacial score (nSPS) is 16.9. The molecule has 0 saturated carbocycles. The molecule has 1 aromatic carbocycles. The van der Waals surface area contributed by atoms with Crippen LogP contribution in [0.15, 0.2) is 57.9 Å². The number of para-hydroxylation sites is 1. The molecule has 1 amide bonds. The molecule has 2 aromatic heterocycles. The number of fused-ring (bicyclic) bond motifs is 1. The maximum atomic E-state index is 12.8. The third-order valence-electron chi connectivity index (χ3n) is 4.63. The molecule has 1 unspecified atom stereocenters. The van der Waals surface area contributed by atoms with Crippen molar-refractivity contribution >= 4 is 16.9 Å². The summed E-state index contributed by atoms with van der Waals surface area (Å²) in [4.78, 5) is 30.1. The van der Waals surface area contributed by atoms with E-state index in [9.17, 15) is 22.8 Å². The number of carbonyl (C=O) groups excluding carboxylic acids is 1. The third kappa shape index (κ3) is 3.94. The van der Waals surface area contributed by atoms with Gasteiger partial charge in [-0.15, -0.1) is 0 Å². The number of nitrogens with zero attached hydrogens (tertiary/aromatic N) is 2. The molecule has 0 N–H and O–H groups in total. The summed E-state index contributed by atoms with van der Waals surface area (Å²) in [5, 5.41) is 0.377. The molecule has 29 heavy (non-hydrogen) atoms. The zero-order valence-corrected chi connectivity index (χ0v) is 15.0. The second kappa shape index (κ2) is 7.23. The van der Waals surface area contributed by atoms with Crippen LogP contribution in [-0.2, 0) is 6.18 Å². The molecule has 4 rings (SSSR count). The number of halogens is 3. The Hall–Kier alpha value is -3.36. The van der Waals surface area contributed by atoms with Crippen LogP contribution in [-0.4, -0.2) is 35.0 Å². The number of ether oxygens (including phenoxy) is 1. The molecule has 1 atom stereocenters. The lowest BCUT2D eigenvalue weighted by molar-refractivity contribution is -0.137. The minimum absolute atomic E-state index is 0.0912. The number of amides is 1. The van der Waals surface area contributed by atoms with Crippen molar-refractivity contribution < 1.29 is 27.1 Å². The van der Waals surface area contributed by atoms with Gasteiger partial charge in [0, 0.05) is 31.3 Å². The summed E-state index contributed by atoms with van der Waals surface area (Å²) in [6, 6.07) is 9.44. The fourth-order valence-corrected chi connectivity index (χ4v) is 3.20. The average molecular weight is 404 g/mol.